The number of nitrogens with zero attached hydrogens (tertiary/aromatic N) is 4. The zero-order valence-electron chi connectivity index (χ0n) is 11.2. The molecule has 0 atom stereocenters. The van der Waals surface area contributed by atoms with Gasteiger partial charge < -0.3 is 5.32 Å². The van der Waals surface area contributed by atoms with Gasteiger partial charge in [0, 0.05) is 11.8 Å². The van der Waals surface area contributed by atoms with Crippen molar-refractivity contribution < 1.29 is 4.79 Å². The van der Waals surface area contributed by atoms with Gasteiger partial charge in [-0.25, -0.2) is 0 Å². The fourth-order valence-electron chi connectivity index (χ4n) is 2.83. The monoisotopic (exact) mass is 291 g/mol. The summed E-state index contributed by atoms with van der Waals surface area (Å²) in [5, 5.41) is 16.8. The third-order valence-corrected chi connectivity index (χ3v) is 5.04. The quantitative estimate of drug-likeness (QED) is 0.933. The lowest BCUT2D eigenvalue weighted by Crippen LogP contribution is -2.28. The molecule has 2 saturated carbocycles. The number of amides is 1. The van der Waals surface area contributed by atoms with Gasteiger partial charge in [0.1, 0.15) is 5.01 Å². The number of hydrogen-bond donors (Lipinski definition) is 1. The summed E-state index contributed by atoms with van der Waals surface area (Å²) in [6.45, 7) is 0.507. The molecule has 0 saturated heterocycles. The molecule has 20 heavy (non-hydrogen) atoms. The van der Waals surface area contributed by atoms with Crippen molar-refractivity contribution in [3.8, 4) is 0 Å². The average Bonchev–Trinajstić information content (AvgIpc) is 2.91. The molecule has 2 heterocycles. The van der Waals surface area contributed by atoms with Gasteiger partial charge in [-0.2, -0.15) is 9.61 Å². The standard InChI is InChI=1S/C13H17N5OS/c19-12(9-3-1-2-4-9)14-7-10-17-18-11(8-5-6-8)15-16-13(18)20-10/h8-9H,1-7H2,(H,14,19). The Bertz CT molecular complexity index is 638. The van der Waals surface area contributed by atoms with Crippen LogP contribution in [-0.2, 0) is 11.3 Å². The van der Waals surface area contributed by atoms with Crippen LogP contribution in [0.2, 0.25) is 0 Å². The predicted octanol–water partition coefficient (Wildman–Crippen LogP) is 1.87. The average molecular weight is 291 g/mol. The van der Waals surface area contributed by atoms with Crippen LogP contribution in [0.25, 0.3) is 4.96 Å². The number of aromatic nitrogens is 4. The van der Waals surface area contributed by atoms with E-state index in [0.717, 1.165) is 28.6 Å². The van der Waals surface area contributed by atoms with E-state index in [4.69, 9.17) is 0 Å². The van der Waals surface area contributed by atoms with Crippen LogP contribution in [0.15, 0.2) is 0 Å². The Balaban J connectivity index is 1.44. The Kier molecular flexibility index (Phi) is 2.94. The molecule has 106 valence electrons. The van der Waals surface area contributed by atoms with Crippen molar-refractivity contribution in [2.24, 2.45) is 5.92 Å². The van der Waals surface area contributed by atoms with E-state index in [1.165, 1.54) is 37.0 Å². The maximum Gasteiger partial charge on any atom is 0.234 e. The van der Waals surface area contributed by atoms with Gasteiger partial charge in [0.25, 0.3) is 0 Å². The Morgan fingerprint density at radius 3 is 2.80 bits per heavy atom. The Hall–Kier alpha value is -1.50. The smallest absolute Gasteiger partial charge is 0.234 e. The van der Waals surface area contributed by atoms with Gasteiger partial charge in [0.15, 0.2) is 5.82 Å². The van der Waals surface area contributed by atoms with Gasteiger partial charge >= 0.3 is 0 Å². The number of nitrogens with one attached hydrogen (secondary N) is 1. The maximum atomic E-state index is 12.0. The largest absolute Gasteiger partial charge is 0.349 e. The van der Waals surface area contributed by atoms with Gasteiger partial charge in [-0.05, 0) is 25.7 Å². The first-order valence-corrected chi connectivity index (χ1v) is 8.11. The summed E-state index contributed by atoms with van der Waals surface area (Å²) in [5.74, 6) is 1.90. The van der Waals surface area contributed by atoms with E-state index >= 15 is 0 Å². The van der Waals surface area contributed by atoms with Crippen molar-refractivity contribution in [2.45, 2.75) is 51.0 Å². The van der Waals surface area contributed by atoms with E-state index in [-0.39, 0.29) is 11.8 Å². The first kappa shape index (κ1) is 12.3. The van der Waals surface area contributed by atoms with Crippen LogP contribution in [0, 0.1) is 5.92 Å². The molecule has 0 radical (unpaired) electrons. The summed E-state index contributed by atoms with van der Waals surface area (Å²) < 4.78 is 1.85. The predicted molar refractivity (Wildman–Crippen MR) is 74.4 cm³/mol. The van der Waals surface area contributed by atoms with E-state index in [0.29, 0.717) is 12.5 Å². The highest BCUT2D eigenvalue weighted by Crippen LogP contribution is 2.39. The van der Waals surface area contributed by atoms with E-state index in [9.17, 15) is 4.79 Å². The molecule has 7 heteroatoms. The van der Waals surface area contributed by atoms with Crippen molar-refractivity contribution in [3.63, 3.8) is 0 Å². The molecule has 0 unspecified atom stereocenters. The normalized spacial score (nSPS) is 19.8. The van der Waals surface area contributed by atoms with E-state index in [1.807, 2.05) is 4.52 Å². The molecule has 0 aliphatic heterocycles. The van der Waals surface area contributed by atoms with Gasteiger partial charge in [-0.3, -0.25) is 4.79 Å². The van der Waals surface area contributed by atoms with Crippen LogP contribution >= 0.6 is 11.3 Å². The van der Waals surface area contributed by atoms with Crippen LogP contribution in [-0.4, -0.2) is 25.7 Å². The molecular formula is C13H17N5OS. The molecule has 1 amide bonds. The number of rotatable bonds is 4. The van der Waals surface area contributed by atoms with Crippen LogP contribution in [0.3, 0.4) is 0 Å². The maximum absolute atomic E-state index is 12.0. The summed E-state index contributed by atoms with van der Waals surface area (Å²) in [4.78, 5) is 12.8. The molecule has 2 aliphatic rings. The fourth-order valence-corrected chi connectivity index (χ4v) is 3.61. The van der Waals surface area contributed by atoms with E-state index in [2.05, 4.69) is 20.6 Å². The van der Waals surface area contributed by atoms with Crippen molar-refractivity contribution >= 4 is 22.2 Å². The molecule has 4 rings (SSSR count). The third-order valence-electron chi connectivity index (χ3n) is 4.14. The first-order chi connectivity index (χ1) is 9.81. The highest BCUT2D eigenvalue weighted by atomic mass is 32.1. The Labute approximate surface area is 120 Å². The lowest BCUT2D eigenvalue weighted by molar-refractivity contribution is -0.124. The summed E-state index contributed by atoms with van der Waals surface area (Å²) in [6.07, 6.45) is 6.79. The molecule has 2 aliphatic carbocycles. The lowest BCUT2D eigenvalue weighted by atomic mass is 10.1. The summed E-state index contributed by atoms with van der Waals surface area (Å²) in [5.41, 5.74) is 0. The van der Waals surface area contributed by atoms with Crippen molar-refractivity contribution in [2.75, 3.05) is 0 Å². The van der Waals surface area contributed by atoms with Crippen LogP contribution in [0.4, 0.5) is 0 Å². The molecule has 0 bridgehead atoms. The summed E-state index contributed by atoms with van der Waals surface area (Å²) >= 11 is 1.51. The molecule has 2 fully saturated rings. The van der Waals surface area contributed by atoms with Crippen LogP contribution in [0.1, 0.15) is 55.3 Å². The van der Waals surface area contributed by atoms with Crippen molar-refractivity contribution in [1.82, 2.24) is 25.1 Å². The second-order valence-electron chi connectivity index (χ2n) is 5.72. The topological polar surface area (TPSA) is 72.2 Å². The van der Waals surface area contributed by atoms with Crippen molar-refractivity contribution in [3.05, 3.63) is 10.8 Å². The Morgan fingerprint density at radius 2 is 2.05 bits per heavy atom. The minimum Gasteiger partial charge on any atom is -0.349 e. The molecule has 1 N–H and O–H groups in total. The van der Waals surface area contributed by atoms with Gasteiger partial charge in [0.05, 0.1) is 6.54 Å². The van der Waals surface area contributed by atoms with Crippen molar-refractivity contribution in [1.29, 1.82) is 0 Å². The molecular weight excluding hydrogens is 274 g/mol. The molecule has 2 aromatic heterocycles. The Morgan fingerprint density at radius 1 is 1.25 bits per heavy atom. The zero-order valence-corrected chi connectivity index (χ0v) is 12.0. The zero-order chi connectivity index (χ0) is 13.5. The number of carbonyl (C=O) groups excluding carboxylic acids is 1. The second-order valence-corrected chi connectivity index (χ2v) is 6.76. The third kappa shape index (κ3) is 2.19. The number of fused-ring (bicyclic) bond motifs is 1. The lowest BCUT2D eigenvalue weighted by Gasteiger charge is -2.08. The van der Waals surface area contributed by atoms with Crippen LogP contribution < -0.4 is 5.32 Å². The SMILES string of the molecule is O=C(NCc1nn2c(C3CC3)nnc2s1)C1CCCC1. The van der Waals surface area contributed by atoms with Gasteiger partial charge in [-0.15, -0.1) is 10.2 Å². The second kappa shape index (κ2) is 4.80. The summed E-state index contributed by atoms with van der Waals surface area (Å²) in [7, 11) is 0. The highest BCUT2D eigenvalue weighted by molar-refractivity contribution is 7.16. The minimum absolute atomic E-state index is 0.177. The van der Waals surface area contributed by atoms with Gasteiger partial charge in [0.2, 0.25) is 10.9 Å². The number of hydrogen-bond acceptors (Lipinski definition) is 5. The van der Waals surface area contributed by atoms with E-state index < -0.39 is 0 Å². The molecule has 6 nitrogen and oxygen atoms in total. The van der Waals surface area contributed by atoms with Crippen LogP contribution in [0.5, 0.6) is 0 Å². The summed E-state index contributed by atoms with van der Waals surface area (Å²) in [6, 6.07) is 0. The molecule has 2 aromatic rings. The highest BCUT2D eigenvalue weighted by Gasteiger charge is 2.30. The minimum atomic E-state index is 0.177. The van der Waals surface area contributed by atoms with E-state index in [1.54, 1.807) is 0 Å². The number of carbonyl (C=O) groups is 1. The molecule has 0 spiro atoms. The fraction of sp³-hybridized carbons (Fsp3) is 0.692. The molecule has 0 aromatic carbocycles. The van der Waals surface area contributed by atoms with Gasteiger partial charge in [-0.1, -0.05) is 24.2 Å². The first-order valence-electron chi connectivity index (χ1n) is 7.30.